The molecule has 2 aromatic carbocycles. The molecule has 0 saturated heterocycles. The van der Waals surface area contributed by atoms with E-state index < -0.39 is 11.7 Å². The SMILES string of the molecule is CC(NC(=O)c1ccn(COc2cccc(C(F)(F)F)c2)n1)c1cccc(-n2cccc2)c1. The molecule has 1 N–H and O–H groups in total. The van der Waals surface area contributed by atoms with E-state index in [2.05, 4.69) is 10.4 Å². The predicted octanol–water partition coefficient (Wildman–Crippen LogP) is 5.22. The highest BCUT2D eigenvalue weighted by molar-refractivity contribution is 5.92. The van der Waals surface area contributed by atoms with E-state index in [0.29, 0.717) is 0 Å². The van der Waals surface area contributed by atoms with Crippen molar-refractivity contribution in [1.29, 1.82) is 0 Å². The zero-order valence-electron chi connectivity index (χ0n) is 17.7. The van der Waals surface area contributed by atoms with Crippen molar-refractivity contribution in [2.24, 2.45) is 0 Å². The zero-order valence-corrected chi connectivity index (χ0v) is 17.7. The van der Waals surface area contributed by atoms with Gasteiger partial charge in [0, 0.05) is 24.3 Å². The number of nitrogens with zero attached hydrogens (tertiary/aromatic N) is 3. The third-order valence-electron chi connectivity index (χ3n) is 5.02. The molecule has 1 atom stereocenters. The fourth-order valence-corrected chi connectivity index (χ4v) is 3.27. The lowest BCUT2D eigenvalue weighted by Crippen LogP contribution is -2.27. The van der Waals surface area contributed by atoms with Crippen LogP contribution in [0.3, 0.4) is 0 Å². The van der Waals surface area contributed by atoms with Crippen molar-refractivity contribution < 1.29 is 22.7 Å². The summed E-state index contributed by atoms with van der Waals surface area (Å²) in [4.78, 5) is 12.6. The summed E-state index contributed by atoms with van der Waals surface area (Å²) in [5.74, 6) is -0.311. The van der Waals surface area contributed by atoms with Crippen LogP contribution >= 0.6 is 0 Å². The first-order valence-electron chi connectivity index (χ1n) is 10.2. The van der Waals surface area contributed by atoms with Crippen LogP contribution in [0.1, 0.15) is 34.6 Å². The largest absolute Gasteiger partial charge is 0.471 e. The van der Waals surface area contributed by atoms with Crippen molar-refractivity contribution in [3.8, 4) is 11.4 Å². The van der Waals surface area contributed by atoms with Crippen LogP contribution in [-0.2, 0) is 12.9 Å². The van der Waals surface area contributed by atoms with Gasteiger partial charge in [0.15, 0.2) is 6.73 Å². The maximum atomic E-state index is 12.8. The van der Waals surface area contributed by atoms with Gasteiger partial charge in [0.2, 0.25) is 0 Å². The minimum atomic E-state index is -4.45. The summed E-state index contributed by atoms with van der Waals surface area (Å²) in [6.45, 7) is 1.74. The second-order valence-corrected chi connectivity index (χ2v) is 7.42. The van der Waals surface area contributed by atoms with E-state index in [1.54, 1.807) is 0 Å². The van der Waals surface area contributed by atoms with E-state index in [0.717, 1.165) is 23.4 Å². The summed E-state index contributed by atoms with van der Waals surface area (Å²) in [6.07, 6.45) is 0.959. The van der Waals surface area contributed by atoms with Crippen LogP contribution in [0.15, 0.2) is 85.3 Å². The minimum absolute atomic E-state index is 0.0579. The van der Waals surface area contributed by atoms with E-state index in [4.69, 9.17) is 4.74 Å². The minimum Gasteiger partial charge on any atom is -0.471 e. The van der Waals surface area contributed by atoms with Crippen molar-refractivity contribution in [3.05, 3.63) is 102 Å². The molecule has 2 aromatic heterocycles. The van der Waals surface area contributed by atoms with Crippen molar-refractivity contribution >= 4 is 5.91 Å². The molecule has 0 fully saturated rings. The Labute approximate surface area is 188 Å². The molecule has 0 radical (unpaired) electrons. The summed E-state index contributed by atoms with van der Waals surface area (Å²) in [5, 5.41) is 7.06. The van der Waals surface area contributed by atoms with Gasteiger partial charge in [-0.05, 0) is 61.0 Å². The van der Waals surface area contributed by atoms with Gasteiger partial charge in [0.05, 0.1) is 11.6 Å². The molecule has 33 heavy (non-hydrogen) atoms. The molecule has 4 aromatic rings. The average molecular weight is 454 g/mol. The van der Waals surface area contributed by atoms with Gasteiger partial charge >= 0.3 is 6.18 Å². The summed E-state index contributed by atoms with van der Waals surface area (Å²) >= 11 is 0. The van der Waals surface area contributed by atoms with E-state index in [1.807, 2.05) is 60.3 Å². The number of aromatic nitrogens is 3. The Balaban J connectivity index is 1.37. The van der Waals surface area contributed by atoms with Crippen molar-refractivity contribution in [3.63, 3.8) is 0 Å². The number of alkyl halides is 3. The van der Waals surface area contributed by atoms with Gasteiger partial charge in [-0.25, -0.2) is 4.68 Å². The summed E-state index contributed by atoms with van der Waals surface area (Å²) in [5.41, 5.74) is 1.29. The molecule has 1 amide bonds. The van der Waals surface area contributed by atoms with Crippen LogP contribution in [0.5, 0.6) is 5.75 Å². The highest BCUT2D eigenvalue weighted by Gasteiger charge is 2.30. The van der Waals surface area contributed by atoms with Gasteiger partial charge in [-0.1, -0.05) is 18.2 Å². The molecule has 0 saturated carbocycles. The Morgan fingerprint density at radius 1 is 1.03 bits per heavy atom. The quantitative estimate of drug-likeness (QED) is 0.417. The monoisotopic (exact) mass is 454 g/mol. The smallest absolute Gasteiger partial charge is 0.416 e. The van der Waals surface area contributed by atoms with Crippen LogP contribution in [0.2, 0.25) is 0 Å². The highest BCUT2D eigenvalue weighted by atomic mass is 19.4. The van der Waals surface area contributed by atoms with E-state index in [-0.39, 0.29) is 30.1 Å². The van der Waals surface area contributed by atoms with Crippen LogP contribution < -0.4 is 10.1 Å². The maximum Gasteiger partial charge on any atom is 0.416 e. The second kappa shape index (κ2) is 9.23. The molecule has 2 heterocycles. The number of rotatable bonds is 7. The number of halogens is 3. The number of ether oxygens (including phenoxy) is 1. The fraction of sp³-hybridized carbons (Fsp3) is 0.167. The first-order valence-corrected chi connectivity index (χ1v) is 10.2. The lowest BCUT2D eigenvalue weighted by atomic mass is 10.1. The van der Waals surface area contributed by atoms with Crippen LogP contribution in [0, 0.1) is 0 Å². The fourth-order valence-electron chi connectivity index (χ4n) is 3.27. The van der Waals surface area contributed by atoms with E-state index >= 15 is 0 Å². The number of hydrogen-bond acceptors (Lipinski definition) is 3. The average Bonchev–Trinajstić information content (AvgIpc) is 3.50. The van der Waals surface area contributed by atoms with E-state index in [1.165, 1.54) is 29.1 Å². The Hall–Kier alpha value is -4.01. The van der Waals surface area contributed by atoms with Gasteiger partial charge in [-0.2, -0.15) is 18.3 Å². The molecular weight excluding hydrogens is 433 g/mol. The van der Waals surface area contributed by atoms with Gasteiger partial charge in [0.1, 0.15) is 11.4 Å². The molecule has 0 aliphatic rings. The lowest BCUT2D eigenvalue weighted by molar-refractivity contribution is -0.137. The first kappa shape index (κ1) is 22.2. The molecule has 0 aliphatic carbocycles. The van der Waals surface area contributed by atoms with Gasteiger partial charge in [-0.15, -0.1) is 0 Å². The zero-order chi connectivity index (χ0) is 23.4. The Morgan fingerprint density at radius 2 is 1.79 bits per heavy atom. The molecule has 6 nitrogen and oxygen atoms in total. The van der Waals surface area contributed by atoms with Crippen LogP contribution in [0.4, 0.5) is 13.2 Å². The molecule has 4 rings (SSSR count). The van der Waals surface area contributed by atoms with Gasteiger partial charge in [0.25, 0.3) is 5.91 Å². The van der Waals surface area contributed by atoms with E-state index in [9.17, 15) is 18.0 Å². The van der Waals surface area contributed by atoms with Crippen molar-refractivity contribution in [2.75, 3.05) is 0 Å². The number of nitrogens with one attached hydrogen (secondary N) is 1. The number of hydrogen-bond donors (Lipinski definition) is 1. The maximum absolute atomic E-state index is 12.8. The molecule has 0 bridgehead atoms. The predicted molar refractivity (Wildman–Crippen MR) is 116 cm³/mol. The third kappa shape index (κ3) is 5.43. The molecule has 1 unspecified atom stereocenters. The van der Waals surface area contributed by atoms with Gasteiger partial charge in [-0.3, -0.25) is 4.79 Å². The summed E-state index contributed by atoms with van der Waals surface area (Å²) < 4.78 is 47.2. The summed E-state index contributed by atoms with van der Waals surface area (Å²) in [7, 11) is 0. The number of carbonyl (C=O) groups excluding carboxylic acids is 1. The molecule has 9 heteroatoms. The number of benzene rings is 2. The third-order valence-corrected chi connectivity index (χ3v) is 5.02. The topological polar surface area (TPSA) is 61.1 Å². The highest BCUT2D eigenvalue weighted by Crippen LogP contribution is 2.31. The lowest BCUT2D eigenvalue weighted by Gasteiger charge is -2.15. The van der Waals surface area contributed by atoms with Crippen molar-refractivity contribution in [1.82, 2.24) is 19.7 Å². The number of carbonyl (C=O) groups is 1. The number of amides is 1. The second-order valence-electron chi connectivity index (χ2n) is 7.42. The van der Waals surface area contributed by atoms with Crippen LogP contribution in [0.25, 0.3) is 5.69 Å². The Morgan fingerprint density at radius 3 is 2.55 bits per heavy atom. The molecule has 0 aliphatic heterocycles. The molecular formula is C24H21F3N4O2. The Bertz CT molecular complexity index is 1230. The Kier molecular flexibility index (Phi) is 6.21. The van der Waals surface area contributed by atoms with Crippen molar-refractivity contribution in [2.45, 2.75) is 25.9 Å². The molecule has 170 valence electrons. The van der Waals surface area contributed by atoms with Gasteiger partial charge < -0.3 is 14.6 Å². The molecule has 0 spiro atoms. The van der Waals surface area contributed by atoms with Crippen LogP contribution in [-0.4, -0.2) is 20.3 Å². The standard InChI is InChI=1S/C24H21F3N4O2/c1-17(18-6-4-8-20(14-18)30-11-2-3-12-30)28-23(32)22-10-13-31(29-22)16-33-21-9-5-7-19(15-21)24(25,26)27/h2-15,17H,16H2,1H3,(H,28,32). The normalized spacial score (nSPS) is 12.4. The summed E-state index contributed by atoms with van der Waals surface area (Å²) in [6, 6.07) is 17.5. The first-order chi connectivity index (χ1) is 15.8.